The molecular weight excluding hydrogens is 439 g/mol. The van der Waals surface area contributed by atoms with Gasteiger partial charge >= 0.3 is 0 Å². The van der Waals surface area contributed by atoms with Crippen LogP contribution in [0.25, 0.3) is 0 Å². The molecule has 1 aromatic rings. The van der Waals surface area contributed by atoms with Crippen molar-refractivity contribution in [2.45, 2.75) is 65.3 Å². The molecule has 0 amide bonds. The Balaban J connectivity index is 0.00000338. The van der Waals surface area contributed by atoms with Crippen LogP contribution in [-0.2, 0) is 6.42 Å². The lowest BCUT2D eigenvalue weighted by atomic mass is 10.0. The molecular formula is C19H37IN6. The third-order valence-corrected chi connectivity index (χ3v) is 5.01. The summed E-state index contributed by atoms with van der Waals surface area (Å²) >= 11 is 0. The minimum absolute atomic E-state index is 0. The van der Waals surface area contributed by atoms with Gasteiger partial charge in [0.25, 0.3) is 0 Å². The van der Waals surface area contributed by atoms with E-state index in [1.807, 2.05) is 6.20 Å². The topological polar surface area (TPSA) is 68.3 Å². The van der Waals surface area contributed by atoms with Gasteiger partial charge in [-0.1, -0.05) is 6.42 Å². The van der Waals surface area contributed by atoms with Crippen molar-refractivity contribution in [3.05, 3.63) is 17.5 Å². The van der Waals surface area contributed by atoms with E-state index in [1.165, 1.54) is 50.0 Å². The van der Waals surface area contributed by atoms with Crippen LogP contribution in [0.3, 0.4) is 0 Å². The number of likely N-dealkylation sites (tertiary alicyclic amines) is 1. The second kappa shape index (κ2) is 13.4. The van der Waals surface area contributed by atoms with Crippen LogP contribution in [-0.4, -0.2) is 59.8 Å². The number of hydrogen-bond acceptors (Lipinski definition) is 3. The Kier molecular flexibility index (Phi) is 11.9. The first-order valence-corrected chi connectivity index (χ1v) is 9.95. The van der Waals surface area contributed by atoms with Crippen LogP contribution in [0.4, 0.5) is 0 Å². The summed E-state index contributed by atoms with van der Waals surface area (Å²) in [6.07, 6.45) is 9.27. The van der Waals surface area contributed by atoms with Crippen LogP contribution in [0.2, 0.25) is 0 Å². The molecule has 1 aliphatic heterocycles. The fourth-order valence-electron chi connectivity index (χ4n) is 3.41. The molecule has 1 saturated heterocycles. The standard InChI is InChI=1S/C19H36N6.HI/c1-4-20-19(21-11-7-10-18-15-23-24-17(18)3)22-12-8-14-25-13-6-5-9-16(25)2;/h15-16H,4-14H2,1-3H3,(H,23,24)(H2,20,21,22);1H. The Hall–Kier alpha value is -0.830. The van der Waals surface area contributed by atoms with E-state index in [0.717, 1.165) is 44.5 Å². The number of nitrogens with one attached hydrogen (secondary N) is 3. The van der Waals surface area contributed by atoms with Gasteiger partial charge in [-0.15, -0.1) is 24.0 Å². The molecule has 3 N–H and O–H groups in total. The van der Waals surface area contributed by atoms with Gasteiger partial charge in [-0.3, -0.25) is 10.1 Å². The molecule has 0 spiro atoms. The molecule has 0 radical (unpaired) electrons. The number of guanidine groups is 1. The average Bonchev–Trinajstić information content (AvgIpc) is 3.02. The van der Waals surface area contributed by atoms with Crippen molar-refractivity contribution in [2.24, 2.45) is 4.99 Å². The Morgan fingerprint density at radius 3 is 2.88 bits per heavy atom. The number of aryl methyl sites for hydroxylation is 2. The predicted molar refractivity (Wildman–Crippen MR) is 121 cm³/mol. The molecule has 150 valence electrons. The van der Waals surface area contributed by atoms with E-state index in [4.69, 9.17) is 4.99 Å². The van der Waals surface area contributed by atoms with Crippen molar-refractivity contribution in [2.75, 3.05) is 32.7 Å². The summed E-state index contributed by atoms with van der Waals surface area (Å²) in [7, 11) is 0. The van der Waals surface area contributed by atoms with Gasteiger partial charge in [-0.2, -0.15) is 5.10 Å². The van der Waals surface area contributed by atoms with Gasteiger partial charge in [0, 0.05) is 37.9 Å². The molecule has 1 aliphatic rings. The molecule has 2 heterocycles. The van der Waals surface area contributed by atoms with Gasteiger partial charge < -0.3 is 15.5 Å². The normalized spacial score (nSPS) is 18.4. The van der Waals surface area contributed by atoms with Crippen molar-refractivity contribution in [3.63, 3.8) is 0 Å². The van der Waals surface area contributed by atoms with E-state index in [2.05, 4.69) is 46.5 Å². The molecule has 1 fully saturated rings. The SMILES string of the molecule is CCNC(=NCCCc1cn[nH]c1C)NCCCN1CCCCC1C.I. The average molecular weight is 476 g/mol. The van der Waals surface area contributed by atoms with Crippen LogP contribution < -0.4 is 10.6 Å². The smallest absolute Gasteiger partial charge is 0.191 e. The fraction of sp³-hybridized carbons (Fsp3) is 0.789. The molecule has 1 unspecified atom stereocenters. The Bertz CT molecular complexity index is 516. The highest BCUT2D eigenvalue weighted by Gasteiger charge is 2.17. The van der Waals surface area contributed by atoms with Gasteiger partial charge in [0.2, 0.25) is 0 Å². The predicted octanol–water partition coefficient (Wildman–Crippen LogP) is 3.09. The monoisotopic (exact) mass is 476 g/mol. The van der Waals surface area contributed by atoms with Crippen molar-refractivity contribution < 1.29 is 0 Å². The van der Waals surface area contributed by atoms with E-state index in [1.54, 1.807) is 0 Å². The molecule has 0 aromatic carbocycles. The number of nitrogens with zero attached hydrogens (tertiary/aromatic N) is 3. The van der Waals surface area contributed by atoms with Crippen molar-refractivity contribution in [3.8, 4) is 0 Å². The van der Waals surface area contributed by atoms with E-state index in [9.17, 15) is 0 Å². The second-order valence-corrected chi connectivity index (χ2v) is 7.05. The highest BCUT2D eigenvalue weighted by molar-refractivity contribution is 14.0. The van der Waals surface area contributed by atoms with E-state index in [0.29, 0.717) is 0 Å². The molecule has 1 atom stereocenters. The lowest BCUT2D eigenvalue weighted by Crippen LogP contribution is -2.41. The van der Waals surface area contributed by atoms with E-state index < -0.39 is 0 Å². The molecule has 26 heavy (non-hydrogen) atoms. The van der Waals surface area contributed by atoms with Crippen LogP contribution in [0.5, 0.6) is 0 Å². The van der Waals surface area contributed by atoms with Crippen molar-refractivity contribution >= 4 is 29.9 Å². The minimum atomic E-state index is 0. The highest BCUT2D eigenvalue weighted by atomic mass is 127. The largest absolute Gasteiger partial charge is 0.357 e. The van der Waals surface area contributed by atoms with E-state index >= 15 is 0 Å². The Morgan fingerprint density at radius 2 is 2.19 bits per heavy atom. The van der Waals surface area contributed by atoms with E-state index in [-0.39, 0.29) is 24.0 Å². The number of hydrogen-bond donors (Lipinski definition) is 3. The summed E-state index contributed by atoms with van der Waals surface area (Å²) in [5, 5.41) is 13.9. The Labute approximate surface area is 176 Å². The lowest BCUT2D eigenvalue weighted by molar-refractivity contribution is 0.159. The number of piperidine rings is 1. The maximum absolute atomic E-state index is 4.69. The van der Waals surface area contributed by atoms with Crippen LogP contribution in [0.1, 0.15) is 57.2 Å². The molecule has 6 nitrogen and oxygen atoms in total. The minimum Gasteiger partial charge on any atom is -0.357 e. The summed E-state index contributed by atoms with van der Waals surface area (Å²) in [6.45, 7) is 11.7. The first kappa shape index (κ1) is 23.2. The van der Waals surface area contributed by atoms with Gasteiger partial charge in [0.1, 0.15) is 0 Å². The van der Waals surface area contributed by atoms with Crippen LogP contribution in [0, 0.1) is 6.92 Å². The molecule has 2 rings (SSSR count). The Morgan fingerprint density at radius 1 is 1.35 bits per heavy atom. The second-order valence-electron chi connectivity index (χ2n) is 7.05. The maximum atomic E-state index is 4.69. The zero-order chi connectivity index (χ0) is 17.9. The summed E-state index contributed by atoms with van der Waals surface area (Å²) in [4.78, 5) is 7.32. The van der Waals surface area contributed by atoms with Crippen molar-refractivity contribution in [1.82, 2.24) is 25.7 Å². The van der Waals surface area contributed by atoms with Crippen LogP contribution in [0.15, 0.2) is 11.2 Å². The quantitative estimate of drug-likeness (QED) is 0.222. The van der Waals surface area contributed by atoms with Gasteiger partial charge in [-0.05, 0) is 65.0 Å². The summed E-state index contributed by atoms with van der Waals surface area (Å²) in [5.74, 6) is 0.943. The lowest BCUT2D eigenvalue weighted by Gasteiger charge is -2.33. The van der Waals surface area contributed by atoms with Crippen molar-refractivity contribution in [1.29, 1.82) is 0 Å². The number of aliphatic imine (C=N–C) groups is 1. The molecule has 0 aliphatic carbocycles. The summed E-state index contributed by atoms with van der Waals surface area (Å²) in [6, 6.07) is 0.752. The summed E-state index contributed by atoms with van der Waals surface area (Å²) in [5.41, 5.74) is 2.46. The maximum Gasteiger partial charge on any atom is 0.191 e. The third-order valence-electron chi connectivity index (χ3n) is 5.01. The zero-order valence-electron chi connectivity index (χ0n) is 16.7. The fourth-order valence-corrected chi connectivity index (χ4v) is 3.41. The molecule has 7 heteroatoms. The van der Waals surface area contributed by atoms with Gasteiger partial charge in [0.05, 0.1) is 6.20 Å². The zero-order valence-corrected chi connectivity index (χ0v) is 19.0. The molecule has 0 bridgehead atoms. The number of rotatable bonds is 9. The summed E-state index contributed by atoms with van der Waals surface area (Å²) < 4.78 is 0. The first-order valence-electron chi connectivity index (χ1n) is 9.95. The molecule has 1 aromatic heterocycles. The van der Waals surface area contributed by atoms with Crippen LogP contribution >= 0.6 is 24.0 Å². The first-order chi connectivity index (χ1) is 12.2. The van der Waals surface area contributed by atoms with Gasteiger partial charge in [-0.25, -0.2) is 0 Å². The third kappa shape index (κ3) is 8.24. The number of H-pyrrole nitrogens is 1. The van der Waals surface area contributed by atoms with Gasteiger partial charge in [0.15, 0.2) is 5.96 Å². The number of aromatic nitrogens is 2. The molecule has 0 saturated carbocycles. The number of aromatic amines is 1. The number of halogens is 1. The highest BCUT2D eigenvalue weighted by Crippen LogP contribution is 2.16.